The molecule has 5 nitrogen and oxygen atoms in total. The van der Waals surface area contributed by atoms with Gasteiger partial charge in [0.1, 0.15) is 0 Å². The first-order chi connectivity index (χ1) is 11.3. The Bertz CT molecular complexity index is 1050. The van der Waals surface area contributed by atoms with Gasteiger partial charge in [-0.15, -0.1) is 0 Å². The van der Waals surface area contributed by atoms with Gasteiger partial charge in [-0.2, -0.15) is 5.26 Å². The fourth-order valence-corrected chi connectivity index (χ4v) is 2.93. The Morgan fingerprint density at radius 2 is 2.00 bits per heavy atom. The molecule has 0 radical (unpaired) electrons. The molecule has 4 aromatic rings. The number of aryl methyl sites for hydroxylation is 1. The van der Waals surface area contributed by atoms with Gasteiger partial charge in [-0.1, -0.05) is 18.2 Å². The van der Waals surface area contributed by atoms with Crippen molar-refractivity contribution in [2.45, 2.75) is 13.0 Å². The topological polar surface area (TPSA) is 66.2 Å². The minimum Gasteiger partial charge on any atom is -0.504 e. The van der Waals surface area contributed by atoms with Gasteiger partial charge < -0.3 is 14.1 Å². The zero-order chi connectivity index (χ0) is 15.8. The Balaban J connectivity index is 1.93. The van der Waals surface area contributed by atoms with Crippen LogP contribution in [-0.2, 0) is 6.54 Å². The van der Waals surface area contributed by atoms with Gasteiger partial charge >= 0.3 is 0 Å². The number of aromatic hydroxyl groups is 1. The summed E-state index contributed by atoms with van der Waals surface area (Å²) in [4.78, 5) is 4.56. The van der Waals surface area contributed by atoms with Crippen LogP contribution in [0.25, 0.3) is 27.8 Å². The van der Waals surface area contributed by atoms with Crippen molar-refractivity contribution in [3.63, 3.8) is 0 Å². The van der Waals surface area contributed by atoms with Gasteiger partial charge in [0.25, 0.3) is 0 Å². The first-order valence-corrected chi connectivity index (χ1v) is 7.40. The molecular formula is C18H14N4O. The van der Waals surface area contributed by atoms with E-state index in [1.54, 1.807) is 12.1 Å². The summed E-state index contributed by atoms with van der Waals surface area (Å²) < 4.78 is 3.89. The van der Waals surface area contributed by atoms with Gasteiger partial charge in [0.05, 0.1) is 18.2 Å². The van der Waals surface area contributed by atoms with Crippen LogP contribution in [0, 0.1) is 11.3 Å². The Morgan fingerprint density at radius 3 is 2.83 bits per heavy atom. The molecule has 5 heteroatoms. The molecule has 0 fully saturated rings. The van der Waals surface area contributed by atoms with Crippen LogP contribution in [0.5, 0.6) is 5.75 Å². The van der Waals surface area contributed by atoms with Crippen LogP contribution < -0.4 is 0 Å². The lowest BCUT2D eigenvalue weighted by atomic mass is 10.1. The molecule has 0 aliphatic rings. The predicted octanol–water partition coefficient (Wildman–Crippen LogP) is 3.58. The lowest BCUT2D eigenvalue weighted by Crippen LogP contribution is -1.93. The Labute approximate surface area is 132 Å². The van der Waals surface area contributed by atoms with Crippen LogP contribution in [-0.4, -0.2) is 19.1 Å². The van der Waals surface area contributed by atoms with Crippen molar-refractivity contribution in [1.82, 2.24) is 14.0 Å². The summed E-state index contributed by atoms with van der Waals surface area (Å²) in [6.07, 6.45) is 6.26. The van der Waals surface area contributed by atoms with Gasteiger partial charge in [0, 0.05) is 41.6 Å². The number of rotatable bonds is 3. The van der Waals surface area contributed by atoms with E-state index in [9.17, 15) is 5.11 Å². The van der Waals surface area contributed by atoms with Crippen molar-refractivity contribution in [3.05, 3.63) is 55.0 Å². The van der Waals surface area contributed by atoms with E-state index in [1.807, 2.05) is 41.2 Å². The van der Waals surface area contributed by atoms with E-state index in [0.717, 1.165) is 22.2 Å². The van der Waals surface area contributed by atoms with E-state index in [1.165, 1.54) is 0 Å². The minimum absolute atomic E-state index is 0.159. The van der Waals surface area contributed by atoms with Gasteiger partial charge in [-0.25, -0.2) is 4.98 Å². The summed E-state index contributed by atoms with van der Waals surface area (Å²) in [5.41, 5.74) is 3.43. The van der Waals surface area contributed by atoms with E-state index in [2.05, 4.69) is 21.7 Å². The average Bonchev–Trinajstić information content (AvgIpc) is 3.15. The third-order valence-electron chi connectivity index (χ3n) is 3.99. The number of pyridine rings is 1. The number of para-hydroxylation sites is 1. The summed E-state index contributed by atoms with van der Waals surface area (Å²) in [6, 6.07) is 13.7. The predicted molar refractivity (Wildman–Crippen MR) is 88.0 cm³/mol. The average molecular weight is 302 g/mol. The van der Waals surface area contributed by atoms with Crippen molar-refractivity contribution >= 4 is 16.6 Å². The van der Waals surface area contributed by atoms with Crippen LogP contribution in [0.2, 0.25) is 0 Å². The molecule has 4 rings (SSSR count). The largest absolute Gasteiger partial charge is 0.504 e. The molecule has 1 aromatic carbocycles. The zero-order valence-corrected chi connectivity index (χ0v) is 12.3. The number of fused-ring (bicyclic) bond motifs is 2. The number of benzene rings is 1. The Morgan fingerprint density at radius 1 is 1.13 bits per heavy atom. The molecule has 0 bridgehead atoms. The molecule has 0 aliphatic heterocycles. The van der Waals surface area contributed by atoms with Gasteiger partial charge in [0.2, 0.25) is 0 Å². The third-order valence-corrected chi connectivity index (χ3v) is 3.99. The highest BCUT2D eigenvalue weighted by Gasteiger charge is 2.13. The van der Waals surface area contributed by atoms with Gasteiger partial charge in [0.15, 0.2) is 11.4 Å². The third kappa shape index (κ3) is 2.12. The van der Waals surface area contributed by atoms with Crippen molar-refractivity contribution in [2.24, 2.45) is 0 Å². The number of nitriles is 1. The fraction of sp³-hybridized carbons (Fsp3) is 0.111. The molecule has 0 atom stereocenters. The summed E-state index contributed by atoms with van der Waals surface area (Å²) in [7, 11) is 0. The molecule has 0 amide bonds. The van der Waals surface area contributed by atoms with E-state index < -0.39 is 0 Å². The van der Waals surface area contributed by atoms with Crippen LogP contribution in [0.15, 0.2) is 55.0 Å². The molecule has 0 saturated carbocycles. The maximum Gasteiger partial charge on any atom is 0.180 e. The molecule has 112 valence electrons. The van der Waals surface area contributed by atoms with Gasteiger partial charge in [-0.05, 0) is 18.2 Å². The highest BCUT2D eigenvalue weighted by molar-refractivity contribution is 5.95. The van der Waals surface area contributed by atoms with Crippen LogP contribution in [0.4, 0.5) is 0 Å². The number of imidazole rings is 1. The van der Waals surface area contributed by atoms with E-state index in [0.29, 0.717) is 18.6 Å². The number of aromatic nitrogens is 3. The summed E-state index contributed by atoms with van der Waals surface area (Å²) in [5.74, 6) is 0.159. The van der Waals surface area contributed by atoms with Crippen LogP contribution >= 0.6 is 0 Å². The smallest absolute Gasteiger partial charge is 0.180 e. The van der Waals surface area contributed by atoms with E-state index >= 15 is 0 Å². The zero-order valence-electron chi connectivity index (χ0n) is 12.3. The number of nitrogens with zero attached hydrogens (tertiary/aromatic N) is 4. The SMILES string of the molecule is N#CCCn1cc(-c2cn3cccc(O)c3n2)c2ccccc21. The quantitative estimate of drug-likeness (QED) is 0.629. The second-order valence-corrected chi connectivity index (χ2v) is 5.41. The molecular weight excluding hydrogens is 288 g/mol. The molecule has 23 heavy (non-hydrogen) atoms. The van der Waals surface area contributed by atoms with Crippen LogP contribution in [0.1, 0.15) is 6.42 Å². The molecule has 0 aliphatic carbocycles. The van der Waals surface area contributed by atoms with Crippen molar-refractivity contribution < 1.29 is 5.11 Å². The Hall–Kier alpha value is -3.26. The second kappa shape index (κ2) is 5.18. The molecule has 0 unspecified atom stereocenters. The minimum atomic E-state index is 0.159. The number of hydrogen-bond donors (Lipinski definition) is 1. The second-order valence-electron chi connectivity index (χ2n) is 5.41. The van der Waals surface area contributed by atoms with E-state index in [-0.39, 0.29) is 5.75 Å². The normalized spacial score (nSPS) is 11.1. The molecule has 3 heterocycles. The number of hydrogen-bond acceptors (Lipinski definition) is 3. The highest BCUT2D eigenvalue weighted by Crippen LogP contribution is 2.31. The molecule has 1 N–H and O–H groups in total. The van der Waals surface area contributed by atoms with Crippen molar-refractivity contribution in [1.29, 1.82) is 5.26 Å². The molecule has 0 spiro atoms. The first-order valence-electron chi connectivity index (χ1n) is 7.40. The van der Waals surface area contributed by atoms with Crippen LogP contribution in [0.3, 0.4) is 0 Å². The fourth-order valence-electron chi connectivity index (χ4n) is 2.93. The summed E-state index contributed by atoms with van der Waals surface area (Å²) in [6.45, 7) is 0.648. The lowest BCUT2D eigenvalue weighted by Gasteiger charge is -2.00. The monoisotopic (exact) mass is 302 g/mol. The summed E-state index contributed by atoms with van der Waals surface area (Å²) >= 11 is 0. The molecule has 3 aromatic heterocycles. The van der Waals surface area contributed by atoms with Crippen molar-refractivity contribution in [2.75, 3.05) is 0 Å². The maximum absolute atomic E-state index is 9.94. The lowest BCUT2D eigenvalue weighted by molar-refractivity contribution is 0.477. The molecule has 0 saturated heterocycles. The Kier molecular flexibility index (Phi) is 3.02. The highest BCUT2D eigenvalue weighted by atomic mass is 16.3. The first kappa shape index (κ1) is 13.4. The standard InChI is InChI=1S/C18H14N4O/c19-8-4-10-21-11-14(13-5-1-2-6-16(13)21)15-12-22-9-3-7-17(23)18(22)20-15/h1-3,5-7,9,11-12,23H,4,10H2. The van der Waals surface area contributed by atoms with Crippen molar-refractivity contribution in [3.8, 4) is 23.1 Å². The summed E-state index contributed by atoms with van der Waals surface area (Å²) in [5, 5.41) is 19.9. The van der Waals surface area contributed by atoms with E-state index in [4.69, 9.17) is 5.26 Å². The maximum atomic E-state index is 9.94. The van der Waals surface area contributed by atoms with Gasteiger partial charge in [-0.3, -0.25) is 0 Å².